The number of aliphatic hydroxyl groups excluding tert-OH is 1. The van der Waals surface area contributed by atoms with Gasteiger partial charge in [-0.2, -0.15) is 0 Å². The fourth-order valence-electron chi connectivity index (χ4n) is 2.15. The third-order valence-electron chi connectivity index (χ3n) is 2.95. The van der Waals surface area contributed by atoms with Crippen LogP contribution in [0.4, 0.5) is 0 Å². The molecule has 1 aliphatic rings. The molecular weight excluding hydrogens is 328 g/mol. The zero-order chi connectivity index (χ0) is 18.4. The number of carbonyl (C=O) groups is 4. The number of esters is 4. The zero-order valence-corrected chi connectivity index (χ0v) is 13.7. The molecule has 5 atom stereocenters. The monoisotopic (exact) mass is 348 g/mol. The lowest BCUT2D eigenvalue weighted by Gasteiger charge is -2.42. The molecule has 0 saturated carbocycles. The Morgan fingerprint density at radius 2 is 1.33 bits per heavy atom. The molecule has 0 spiro atoms. The van der Waals surface area contributed by atoms with Gasteiger partial charge < -0.3 is 28.8 Å². The highest BCUT2D eigenvalue weighted by atomic mass is 16.7. The van der Waals surface area contributed by atoms with E-state index in [9.17, 15) is 24.3 Å². The third-order valence-corrected chi connectivity index (χ3v) is 2.95. The summed E-state index contributed by atoms with van der Waals surface area (Å²) in [5, 5.41) is 10.2. The fraction of sp³-hybridized carbons (Fsp3) is 0.714. The lowest BCUT2D eigenvalue weighted by atomic mass is 9.98. The number of aliphatic hydroxyl groups is 1. The number of ether oxygens (including phenoxy) is 5. The largest absolute Gasteiger partial charge is 0.463 e. The van der Waals surface area contributed by atoms with Gasteiger partial charge in [-0.25, -0.2) is 0 Å². The van der Waals surface area contributed by atoms with Crippen LogP contribution in [-0.4, -0.2) is 66.3 Å². The molecule has 1 heterocycles. The normalized spacial score (nSPS) is 29.3. The molecule has 0 bridgehead atoms. The average Bonchev–Trinajstić information content (AvgIpc) is 2.42. The Bertz CT molecular complexity index is 486. The van der Waals surface area contributed by atoms with Crippen LogP contribution in [0.3, 0.4) is 0 Å². The predicted molar refractivity (Wildman–Crippen MR) is 74.2 cm³/mol. The fourth-order valence-corrected chi connectivity index (χ4v) is 2.15. The van der Waals surface area contributed by atoms with Crippen molar-refractivity contribution in [3.8, 4) is 0 Å². The molecule has 0 aromatic heterocycles. The van der Waals surface area contributed by atoms with Crippen molar-refractivity contribution in [2.75, 3.05) is 6.61 Å². The van der Waals surface area contributed by atoms with Crippen molar-refractivity contribution in [2.24, 2.45) is 0 Å². The first kappa shape index (κ1) is 19.8. The first-order valence-electron chi connectivity index (χ1n) is 7.10. The van der Waals surface area contributed by atoms with Gasteiger partial charge in [0.1, 0.15) is 12.7 Å². The highest BCUT2D eigenvalue weighted by Crippen LogP contribution is 2.27. The molecule has 0 aliphatic carbocycles. The number of hydrogen-bond acceptors (Lipinski definition) is 10. The van der Waals surface area contributed by atoms with Crippen LogP contribution in [0.5, 0.6) is 0 Å². The summed E-state index contributed by atoms with van der Waals surface area (Å²) in [5.74, 6) is -2.87. The van der Waals surface area contributed by atoms with E-state index in [0.717, 1.165) is 27.7 Å². The second kappa shape index (κ2) is 8.60. The van der Waals surface area contributed by atoms with Crippen LogP contribution in [0.15, 0.2) is 0 Å². The molecule has 2 unspecified atom stereocenters. The summed E-state index contributed by atoms with van der Waals surface area (Å²) in [7, 11) is 0. The average molecular weight is 348 g/mol. The molecule has 136 valence electrons. The SMILES string of the molecule is CC(=O)OCC1O[C@H](OC(C)=O)[C@@H](O)C(OC(C)=O)[C@H]1OC(C)=O. The highest BCUT2D eigenvalue weighted by Gasteiger charge is 2.51. The molecular formula is C14H20O10. The van der Waals surface area contributed by atoms with Gasteiger partial charge in [0.2, 0.25) is 6.29 Å². The van der Waals surface area contributed by atoms with Gasteiger partial charge >= 0.3 is 23.9 Å². The maximum absolute atomic E-state index is 11.3. The van der Waals surface area contributed by atoms with E-state index in [1.165, 1.54) is 0 Å². The van der Waals surface area contributed by atoms with E-state index in [2.05, 4.69) is 0 Å². The molecule has 0 aromatic rings. The van der Waals surface area contributed by atoms with Gasteiger partial charge in [-0.3, -0.25) is 19.2 Å². The first-order chi connectivity index (χ1) is 11.1. The molecule has 0 aromatic carbocycles. The van der Waals surface area contributed by atoms with Crippen molar-refractivity contribution < 1.29 is 48.0 Å². The summed E-state index contributed by atoms with van der Waals surface area (Å²) in [6.07, 6.45) is -6.83. The topological polar surface area (TPSA) is 135 Å². The molecule has 1 aliphatic heterocycles. The van der Waals surface area contributed by atoms with Gasteiger partial charge in [0.15, 0.2) is 18.3 Å². The minimum Gasteiger partial charge on any atom is -0.463 e. The van der Waals surface area contributed by atoms with E-state index in [1.807, 2.05) is 0 Å². The van der Waals surface area contributed by atoms with Crippen LogP contribution in [0.2, 0.25) is 0 Å². The summed E-state index contributed by atoms with van der Waals surface area (Å²) in [6.45, 7) is 4.09. The van der Waals surface area contributed by atoms with E-state index < -0.39 is 54.6 Å². The quantitative estimate of drug-likeness (QED) is 0.490. The lowest BCUT2D eigenvalue weighted by molar-refractivity contribution is -0.297. The third kappa shape index (κ3) is 5.78. The maximum Gasteiger partial charge on any atom is 0.305 e. The molecule has 10 nitrogen and oxygen atoms in total. The molecule has 10 heteroatoms. The van der Waals surface area contributed by atoms with Crippen LogP contribution in [0, 0.1) is 0 Å². The minimum absolute atomic E-state index is 0.366. The first-order valence-corrected chi connectivity index (χ1v) is 7.10. The number of carbonyl (C=O) groups excluding carboxylic acids is 4. The summed E-state index contributed by atoms with van der Waals surface area (Å²) in [5.41, 5.74) is 0. The van der Waals surface area contributed by atoms with E-state index in [0.29, 0.717) is 0 Å². The van der Waals surface area contributed by atoms with Crippen LogP contribution in [-0.2, 0) is 42.9 Å². The number of hydrogen-bond donors (Lipinski definition) is 1. The Morgan fingerprint density at radius 3 is 1.79 bits per heavy atom. The van der Waals surface area contributed by atoms with Crippen molar-refractivity contribution in [2.45, 2.75) is 58.4 Å². The van der Waals surface area contributed by atoms with Gasteiger partial charge in [-0.1, -0.05) is 0 Å². The summed E-state index contributed by atoms with van der Waals surface area (Å²) in [4.78, 5) is 44.7. The zero-order valence-electron chi connectivity index (χ0n) is 13.7. The Kier molecular flexibility index (Phi) is 7.11. The van der Waals surface area contributed by atoms with Crippen LogP contribution >= 0.6 is 0 Å². The van der Waals surface area contributed by atoms with E-state index in [-0.39, 0.29) is 6.61 Å². The summed E-state index contributed by atoms with van der Waals surface area (Å²) in [6, 6.07) is 0. The van der Waals surface area contributed by atoms with E-state index >= 15 is 0 Å². The highest BCUT2D eigenvalue weighted by molar-refractivity contribution is 5.68. The van der Waals surface area contributed by atoms with Crippen molar-refractivity contribution in [3.63, 3.8) is 0 Å². The molecule has 1 saturated heterocycles. The van der Waals surface area contributed by atoms with Gasteiger partial charge in [-0.15, -0.1) is 0 Å². The second-order valence-electron chi connectivity index (χ2n) is 5.09. The minimum atomic E-state index is -1.60. The summed E-state index contributed by atoms with van der Waals surface area (Å²) >= 11 is 0. The summed E-state index contributed by atoms with van der Waals surface area (Å²) < 4.78 is 25.0. The van der Waals surface area contributed by atoms with Crippen molar-refractivity contribution in [1.29, 1.82) is 0 Å². The van der Waals surface area contributed by atoms with E-state index in [1.54, 1.807) is 0 Å². The maximum atomic E-state index is 11.3. The van der Waals surface area contributed by atoms with Crippen molar-refractivity contribution >= 4 is 23.9 Å². The molecule has 1 fully saturated rings. The Balaban J connectivity index is 3.08. The van der Waals surface area contributed by atoms with Crippen LogP contribution in [0.1, 0.15) is 27.7 Å². The molecule has 24 heavy (non-hydrogen) atoms. The Labute approximate surface area is 137 Å². The van der Waals surface area contributed by atoms with Gasteiger partial charge in [-0.05, 0) is 0 Å². The molecule has 0 radical (unpaired) electrons. The second-order valence-corrected chi connectivity index (χ2v) is 5.09. The molecule has 0 amide bonds. The molecule has 1 rings (SSSR count). The smallest absolute Gasteiger partial charge is 0.305 e. The van der Waals surface area contributed by atoms with Gasteiger partial charge in [0.05, 0.1) is 0 Å². The van der Waals surface area contributed by atoms with Crippen LogP contribution in [0.25, 0.3) is 0 Å². The lowest BCUT2D eigenvalue weighted by Crippen LogP contribution is -2.62. The van der Waals surface area contributed by atoms with Gasteiger partial charge in [0.25, 0.3) is 0 Å². The molecule has 1 N–H and O–H groups in total. The Hall–Kier alpha value is -2.20. The Morgan fingerprint density at radius 1 is 0.833 bits per heavy atom. The predicted octanol–water partition coefficient (Wildman–Crippen LogP) is -0.938. The number of rotatable bonds is 5. The van der Waals surface area contributed by atoms with Crippen molar-refractivity contribution in [3.05, 3.63) is 0 Å². The van der Waals surface area contributed by atoms with E-state index in [4.69, 9.17) is 23.7 Å². The van der Waals surface area contributed by atoms with Crippen molar-refractivity contribution in [1.82, 2.24) is 0 Å². The standard InChI is InChI=1S/C14H20O10/c1-6(15)20-5-10-12(21-7(2)16)13(22-8(3)17)11(19)14(24-10)23-9(4)18/h10-14,19H,5H2,1-4H3/t10?,11-,12-,13?,14-/m0/s1. The van der Waals surface area contributed by atoms with Crippen LogP contribution < -0.4 is 0 Å². The van der Waals surface area contributed by atoms with Gasteiger partial charge in [0, 0.05) is 27.7 Å².